The maximum Gasteiger partial charge on any atom is 0.331 e. The highest BCUT2D eigenvalue weighted by molar-refractivity contribution is 5.83. The first kappa shape index (κ1) is 12.4. The molecule has 0 bridgehead atoms. The molecule has 0 amide bonds. The van der Waals surface area contributed by atoms with Gasteiger partial charge >= 0.3 is 11.9 Å². The fourth-order valence-electron chi connectivity index (χ4n) is 1.46. The molecule has 0 aliphatic carbocycles. The van der Waals surface area contributed by atoms with Gasteiger partial charge in [-0.25, -0.2) is 9.18 Å². The number of benzene rings is 1. The lowest BCUT2D eigenvalue weighted by atomic mass is 10.1. The van der Waals surface area contributed by atoms with E-state index < -0.39 is 23.8 Å². The number of esters is 1. The van der Waals surface area contributed by atoms with Crippen molar-refractivity contribution < 1.29 is 22.7 Å². The van der Waals surface area contributed by atoms with Gasteiger partial charge in [-0.1, -0.05) is 18.2 Å². The number of alkyl halides is 2. The van der Waals surface area contributed by atoms with Crippen LogP contribution in [0.15, 0.2) is 42.5 Å². The highest BCUT2D eigenvalue weighted by Crippen LogP contribution is 2.28. The van der Waals surface area contributed by atoms with Gasteiger partial charge < -0.3 is 4.74 Å². The number of ether oxygens (including phenoxy) is 1. The normalized spacial score (nSPS) is 22.2. The number of carbonyl (C=O) groups is 1. The van der Waals surface area contributed by atoms with E-state index in [2.05, 4.69) is 4.74 Å². The van der Waals surface area contributed by atoms with Crippen LogP contribution < -0.4 is 0 Å². The maximum atomic E-state index is 13.3. The summed E-state index contributed by atoms with van der Waals surface area (Å²) in [5.74, 6) is -4.45. The summed E-state index contributed by atoms with van der Waals surface area (Å²) in [5.41, 5.74) is 0.540. The molecule has 2 nitrogen and oxygen atoms in total. The molecule has 0 aromatic heterocycles. The quantitative estimate of drug-likeness (QED) is 0.758. The molecule has 0 saturated carbocycles. The van der Waals surface area contributed by atoms with Gasteiger partial charge in [0.15, 0.2) is 6.10 Å². The van der Waals surface area contributed by atoms with Gasteiger partial charge in [0.2, 0.25) is 0 Å². The van der Waals surface area contributed by atoms with Crippen molar-refractivity contribution in [3.8, 4) is 0 Å². The monoisotopic (exact) mass is 254 g/mol. The van der Waals surface area contributed by atoms with Gasteiger partial charge in [-0.05, 0) is 29.8 Å². The molecule has 5 heteroatoms. The summed E-state index contributed by atoms with van der Waals surface area (Å²) in [6, 6.07) is 5.30. The Bertz CT molecular complexity index is 503. The van der Waals surface area contributed by atoms with Crippen molar-refractivity contribution in [3.05, 3.63) is 53.9 Å². The van der Waals surface area contributed by atoms with E-state index in [1.807, 2.05) is 0 Å². The van der Waals surface area contributed by atoms with E-state index in [1.54, 1.807) is 0 Å². The van der Waals surface area contributed by atoms with Crippen LogP contribution in [0.3, 0.4) is 0 Å². The molecule has 0 unspecified atom stereocenters. The SMILES string of the molecule is O=C1C=CC(F)(F)[C@H](/C=C/c2ccc(F)cc2)O1. The first-order valence-corrected chi connectivity index (χ1v) is 5.19. The standard InChI is InChI=1S/C13H9F3O2/c14-10-4-1-9(2-5-10)3-6-11-13(15,16)8-7-12(17)18-11/h1-8,11H/b6-3+/t11-/m0/s1. The van der Waals surface area contributed by atoms with Gasteiger partial charge in [-0.15, -0.1) is 0 Å². The van der Waals surface area contributed by atoms with Crippen LogP contribution in [0.5, 0.6) is 0 Å². The Kier molecular flexibility index (Phi) is 3.23. The van der Waals surface area contributed by atoms with E-state index in [0.717, 1.165) is 6.08 Å². The van der Waals surface area contributed by atoms with Gasteiger partial charge in [0.25, 0.3) is 0 Å². The third-order valence-electron chi connectivity index (χ3n) is 2.40. The topological polar surface area (TPSA) is 26.3 Å². The summed E-state index contributed by atoms with van der Waals surface area (Å²) in [7, 11) is 0. The maximum absolute atomic E-state index is 13.3. The van der Waals surface area contributed by atoms with Crippen molar-refractivity contribution >= 4 is 12.0 Å². The fraction of sp³-hybridized carbons (Fsp3) is 0.154. The predicted octanol–water partition coefficient (Wildman–Crippen LogP) is 2.96. The van der Waals surface area contributed by atoms with Crippen molar-refractivity contribution in [2.24, 2.45) is 0 Å². The minimum Gasteiger partial charge on any atom is -0.448 e. The van der Waals surface area contributed by atoms with Crippen molar-refractivity contribution in [2.75, 3.05) is 0 Å². The summed E-state index contributed by atoms with van der Waals surface area (Å²) >= 11 is 0. The lowest BCUT2D eigenvalue weighted by Crippen LogP contribution is -2.37. The second-order valence-electron chi connectivity index (χ2n) is 3.78. The lowest BCUT2D eigenvalue weighted by Gasteiger charge is -2.24. The minimum absolute atomic E-state index is 0.412. The zero-order chi connectivity index (χ0) is 13.2. The van der Waals surface area contributed by atoms with Crippen LogP contribution in [-0.4, -0.2) is 18.0 Å². The number of hydrogen-bond acceptors (Lipinski definition) is 2. The van der Waals surface area contributed by atoms with E-state index in [0.29, 0.717) is 17.7 Å². The second kappa shape index (κ2) is 4.68. The van der Waals surface area contributed by atoms with Gasteiger partial charge in [0.1, 0.15) is 5.82 Å². The van der Waals surface area contributed by atoms with Gasteiger partial charge in [-0.3, -0.25) is 0 Å². The van der Waals surface area contributed by atoms with Crippen LogP contribution in [0, 0.1) is 5.82 Å². The molecule has 2 rings (SSSR count). The second-order valence-corrected chi connectivity index (χ2v) is 3.78. The van der Waals surface area contributed by atoms with Gasteiger partial charge in [0.05, 0.1) is 0 Å². The number of halogens is 3. The zero-order valence-electron chi connectivity index (χ0n) is 9.15. The largest absolute Gasteiger partial charge is 0.448 e. The van der Waals surface area contributed by atoms with Crippen LogP contribution in [0.1, 0.15) is 5.56 Å². The molecule has 0 saturated heterocycles. The average Bonchev–Trinajstić information content (AvgIpc) is 2.33. The van der Waals surface area contributed by atoms with Crippen LogP contribution in [-0.2, 0) is 9.53 Å². The third kappa shape index (κ3) is 2.80. The number of hydrogen-bond donors (Lipinski definition) is 0. The molecular formula is C13H9F3O2. The molecule has 18 heavy (non-hydrogen) atoms. The van der Waals surface area contributed by atoms with Crippen LogP contribution in [0.25, 0.3) is 6.08 Å². The predicted molar refractivity (Wildman–Crippen MR) is 59.4 cm³/mol. The van der Waals surface area contributed by atoms with E-state index in [1.165, 1.54) is 30.3 Å². The summed E-state index contributed by atoms with van der Waals surface area (Å²) in [4.78, 5) is 10.9. The molecule has 1 atom stereocenters. The number of cyclic esters (lactones) is 1. The minimum atomic E-state index is -3.23. The van der Waals surface area contributed by atoms with Crippen LogP contribution in [0.2, 0.25) is 0 Å². The molecule has 1 aromatic carbocycles. The Morgan fingerprint density at radius 3 is 2.56 bits per heavy atom. The molecular weight excluding hydrogens is 245 g/mol. The molecule has 94 valence electrons. The van der Waals surface area contributed by atoms with E-state index in [9.17, 15) is 18.0 Å². The van der Waals surface area contributed by atoms with Crippen molar-refractivity contribution in [3.63, 3.8) is 0 Å². The molecule has 1 aromatic rings. The Hall–Kier alpha value is -2.04. The van der Waals surface area contributed by atoms with Crippen LogP contribution in [0.4, 0.5) is 13.2 Å². The molecule has 0 fully saturated rings. The molecule has 0 spiro atoms. The van der Waals surface area contributed by atoms with Crippen LogP contribution >= 0.6 is 0 Å². The molecule has 1 heterocycles. The molecule has 1 aliphatic rings. The summed E-state index contributed by atoms with van der Waals surface area (Å²) in [6.07, 6.45) is 2.00. The first-order chi connectivity index (χ1) is 8.47. The number of carbonyl (C=O) groups excluding carboxylic acids is 1. The first-order valence-electron chi connectivity index (χ1n) is 5.19. The van der Waals surface area contributed by atoms with E-state index in [-0.39, 0.29) is 0 Å². The molecule has 0 N–H and O–H groups in total. The Balaban J connectivity index is 2.15. The van der Waals surface area contributed by atoms with Crippen molar-refractivity contribution in [2.45, 2.75) is 12.0 Å². The van der Waals surface area contributed by atoms with Gasteiger partial charge in [0, 0.05) is 6.08 Å². The van der Waals surface area contributed by atoms with E-state index in [4.69, 9.17) is 0 Å². The molecule has 1 aliphatic heterocycles. The van der Waals surface area contributed by atoms with E-state index >= 15 is 0 Å². The Labute approximate surface area is 101 Å². The van der Waals surface area contributed by atoms with Crippen molar-refractivity contribution in [1.82, 2.24) is 0 Å². The summed E-state index contributed by atoms with van der Waals surface area (Å²) in [5, 5.41) is 0. The fourth-order valence-corrected chi connectivity index (χ4v) is 1.46. The lowest BCUT2D eigenvalue weighted by molar-refractivity contribution is -0.157. The average molecular weight is 254 g/mol. The third-order valence-corrected chi connectivity index (χ3v) is 2.40. The smallest absolute Gasteiger partial charge is 0.331 e. The molecule has 0 radical (unpaired) electrons. The Morgan fingerprint density at radius 2 is 1.89 bits per heavy atom. The van der Waals surface area contributed by atoms with Gasteiger partial charge in [-0.2, -0.15) is 8.78 Å². The highest BCUT2D eigenvalue weighted by atomic mass is 19.3. The van der Waals surface area contributed by atoms with Crippen molar-refractivity contribution in [1.29, 1.82) is 0 Å². The summed E-state index contributed by atoms with van der Waals surface area (Å²) in [6.45, 7) is 0. The number of rotatable bonds is 2. The zero-order valence-corrected chi connectivity index (χ0v) is 9.15. The summed E-state index contributed by atoms with van der Waals surface area (Å²) < 4.78 is 43.8. The Morgan fingerprint density at radius 1 is 1.22 bits per heavy atom. The highest BCUT2D eigenvalue weighted by Gasteiger charge is 2.41.